The van der Waals surface area contributed by atoms with Crippen LogP contribution in [0.3, 0.4) is 0 Å². The van der Waals surface area contributed by atoms with Crippen molar-refractivity contribution < 1.29 is 23.9 Å². The van der Waals surface area contributed by atoms with Crippen molar-refractivity contribution in [3.8, 4) is 17.0 Å². The molecule has 208 valence electrons. The molecule has 8 nitrogen and oxygen atoms in total. The van der Waals surface area contributed by atoms with Gasteiger partial charge in [-0.2, -0.15) is 0 Å². The molecule has 2 amide bonds. The number of nitrogens with one attached hydrogen (secondary N) is 1. The fraction of sp³-hybridized carbons (Fsp3) is 0.290. The van der Waals surface area contributed by atoms with Gasteiger partial charge >= 0.3 is 5.97 Å². The summed E-state index contributed by atoms with van der Waals surface area (Å²) in [6.45, 7) is 10.1. The van der Waals surface area contributed by atoms with Crippen molar-refractivity contribution in [2.75, 3.05) is 25.5 Å². The Morgan fingerprint density at radius 2 is 1.70 bits per heavy atom. The molecule has 0 saturated carbocycles. The first-order chi connectivity index (χ1) is 19.2. The molecule has 2 aromatic carbocycles. The minimum absolute atomic E-state index is 0.191. The number of thiophene rings is 1. The molecule has 2 aromatic heterocycles. The first kappa shape index (κ1) is 28.8. The molecule has 0 aliphatic rings. The van der Waals surface area contributed by atoms with Gasteiger partial charge in [0, 0.05) is 24.0 Å². The van der Waals surface area contributed by atoms with E-state index in [1.807, 2.05) is 62.4 Å². The molecule has 0 atom stereocenters. The first-order valence-electron chi connectivity index (χ1n) is 13.2. The largest absolute Gasteiger partial charge is 0.497 e. The minimum Gasteiger partial charge on any atom is -0.497 e. The summed E-state index contributed by atoms with van der Waals surface area (Å²) in [5.41, 5.74) is 3.16. The van der Waals surface area contributed by atoms with E-state index in [1.54, 1.807) is 38.8 Å². The predicted octanol–water partition coefficient (Wildman–Crippen LogP) is 6.58. The highest BCUT2D eigenvalue weighted by molar-refractivity contribution is 7.18. The Hall–Kier alpha value is -4.24. The number of hydrogen-bond donors (Lipinski definition) is 1. The van der Waals surface area contributed by atoms with Crippen LogP contribution in [0.1, 0.15) is 63.6 Å². The summed E-state index contributed by atoms with van der Waals surface area (Å²) in [6, 6.07) is 16.5. The van der Waals surface area contributed by atoms with E-state index in [0.29, 0.717) is 51.4 Å². The standard InChI is InChI=1S/C31H33N3O5S/c1-7-34(8-2)30(36)27-19(5)26(31(37)39-18(3)4)29(40-27)33-28(35)23-17-25(20-13-15-21(38-6)16-14-20)32-24-12-10-9-11-22(23)24/h9-18H,7-8H2,1-6H3,(H,33,35). The van der Waals surface area contributed by atoms with Gasteiger partial charge in [0.2, 0.25) is 0 Å². The molecule has 1 N–H and O–H groups in total. The molecule has 0 fully saturated rings. The highest BCUT2D eigenvalue weighted by atomic mass is 32.1. The van der Waals surface area contributed by atoms with E-state index in [-0.39, 0.29) is 22.6 Å². The van der Waals surface area contributed by atoms with Gasteiger partial charge in [0.05, 0.1) is 40.4 Å². The average Bonchev–Trinajstić information content (AvgIpc) is 3.27. The maximum absolute atomic E-state index is 13.8. The number of amides is 2. The van der Waals surface area contributed by atoms with E-state index < -0.39 is 11.9 Å². The van der Waals surface area contributed by atoms with Crippen molar-refractivity contribution >= 4 is 45.0 Å². The van der Waals surface area contributed by atoms with Crippen LogP contribution in [0.5, 0.6) is 5.75 Å². The van der Waals surface area contributed by atoms with Gasteiger partial charge in [0.15, 0.2) is 0 Å². The predicted molar refractivity (Wildman–Crippen MR) is 159 cm³/mol. The quantitative estimate of drug-likeness (QED) is 0.233. The van der Waals surface area contributed by atoms with E-state index >= 15 is 0 Å². The maximum atomic E-state index is 13.8. The van der Waals surface area contributed by atoms with Crippen LogP contribution in [0.25, 0.3) is 22.2 Å². The lowest BCUT2D eigenvalue weighted by molar-refractivity contribution is 0.0379. The molecule has 0 bridgehead atoms. The van der Waals surface area contributed by atoms with Crippen LogP contribution in [0.15, 0.2) is 54.6 Å². The molecule has 40 heavy (non-hydrogen) atoms. The SMILES string of the molecule is CCN(CC)C(=O)c1sc(NC(=O)c2cc(-c3ccc(OC)cc3)nc3ccccc23)c(C(=O)OC(C)C)c1C. The molecule has 0 unspecified atom stereocenters. The number of carbonyl (C=O) groups excluding carboxylic acids is 3. The summed E-state index contributed by atoms with van der Waals surface area (Å²) in [5, 5.41) is 3.86. The zero-order valence-corrected chi connectivity index (χ0v) is 24.3. The van der Waals surface area contributed by atoms with E-state index in [1.165, 1.54) is 0 Å². The molecule has 4 aromatic rings. The summed E-state index contributed by atoms with van der Waals surface area (Å²) in [7, 11) is 1.60. The van der Waals surface area contributed by atoms with Gasteiger partial charge in [-0.3, -0.25) is 9.59 Å². The van der Waals surface area contributed by atoms with Gasteiger partial charge < -0.3 is 19.7 Å². The molecular weight excluding hydrogens is 526 g/mol. The molecule has 4 rings (SSSR count). The minimum atomic E-state index is -0.587. The number of ether oxygens (including phenoxy) is 2. The summed E-state index contributed by atoms with van der Waals surface area (Å²) in [4.78, 5) is 47.1. The Bertz CT molecular complexity index is 1560. The zero-order valence-electron chi connectivity index (χ0n) is 23.5. The molecule has 0 saturated heterocycles. The normalized spacial score (nSPS) is 11.0. The lowest BCUT2D eigenvalue weighted by atomic mass is 10.0. The summed E-state index contributed by atoms with van der Waals surface area (Å²) >= 11 is 1.09. The van der Waals surface area contributed by atoms with Crippen LogP contribution >= 0.6 is 11.3 Å². The number of methoxy groups -OCH3 is 1. The lowest BCUT2D eigenvalue weighted by Crippen LogP contribution is -2.30. The number of anilines is 1. The number of fused-ring (bicyclic) bond motifs is 1. The van der Waals surface area contributed by atoms with Gasteiger partial charge in [-0.25, -0.2) is 9.78 Å². The molecule has 0 spiro atoms. The average molecular weight is 560 g/mol. The van der Waals surface area contributed by atoms with Gasteiger partial charge in [0.25, 0.3) is 11.8 Å². The smallest absolute Gasteiger partial charge is 0.341 e. The van der Waals surface area contributed by atoms with E-state index in [9.17, 15) is 14.4 Å². The van der Waals surface area contributed by atoms with Crippen LogP contribution in [0.2, 0.25) is 0 Å². The molecule has 0 aliphatic heterocycles. The van der Waals surface area contributed by atoms with E-state index in [4.69, 9.17) is 14.5 Å². The molecule has 0 aliphatic carbocycles. The number of hydrogen-bond acceptors (Lipinski definition) is 7. The van der Waals surface area contributed by atoms with Crippen LogP contribution in [0.4, 0.5) is 5.00 Å². The van der Waals surface area contributed by atoms with Gasteiger partial charge in [-0.05, 0) is 76.6 Å². The first-order valence-corrected chi connectivity index (χ1v) is 14.0. The number of pyridine rings is 1. The summed E-state index contributed by atoms with van der Waals surface area (Å²) in [6.07, 6.45) is -0.367. The number of benzene rings is 2. The summed E-state index contributed by atoms with van der Waals surface area (Å²) < 4.78 is 10.8. The number of rotatable bonds is 9. The second kappa shape index (κ2) is 12.3. The third kappa shape index (κ3) is 5.84. The summed E-state index contributed by atoms with van der Waals surface area (Å²) in [5.74, 6) is -0.486. The number of para-hydroxylation sites is 1. The highest BCUT2D eigenvalue weighted by Gasteiger charge is 2.29. The van der Waals surface area contributed by atoms with E-state index in [2.05, 4.69) is 5.32 Å². The molecule has 0 radical (unpaired) electrons. The second-order valence-electron chi connectivity index (χ2n) is 9.45. The third-order valence-corrected chi connectivity index (χ3v) is 7.71. The van der Waals surface area contributed by atoms with Gasteiger partial charge in [-0.15, -0.1) is 11.3 Å². The fourth-order valence-corrected chi connectivity index (χ4v) is 5.58. The molecular formula is C31H33N3O5S. The number of nitrogens with zero attached hydrogens (tertiary/aromatic N) is 2. The number of carbonyl (C=O) groups is 3. The van der Waals surface area contributed by atoms with Crippen molar-refractivity contribution in [3.05, 3.63) is 76.2 Å². The van der Waals surface area contributed by atoms with Crippen molar-refractivity contribution in [2.24, 2.45) is 0 Å². The topological polar surface area (TPSA) is 97.8 Å². The monoisotopic (exact) mass is 559 g/mol. The van der Waals surface area contributed by atoms with Crippen molar-refractivity contribution in [1.29, 1.82) is 0 Å². The molecule has 9 heteroatoms. The second-order valence-corrected chi connectivity index (χ2v) is 10.5. The highest BCUT2D eigenvalue weighted by Crippen LogP contribution is 2.36. The van der Waals surface area contributed by atoms with Crippen molar-refractivity contribution in [2.45, 2.75) is 40.7 Å². The van der Waals surface area contributed by atoms with Crippen molar-refractivity contribution in [1.82, 2.24) is 9.88 Å². The molecule has 2 heterocycles. The fourth-order valence-electron chi connectivity index (χ4n) is 4.42. The van der Waals surface area contributed by atoms with Crippen LogP contribution in [0, 0.1) is 6.92 Å². The Balaban J connectivity index is 1.80. The van der Waals surface area contributed by atoms with E-state index in [0.717, 1.165) is 16.9 Å². The number of aromatic nitrogens is 1. The lowest BCUT2D eigenvalue weighted by Gasteiger charge is -2.18. The Morgan fingerprint density at radius 3 is 2.33 bits per heavy atom. The van der Waals surface area contributed by atoms with Crippen LogP contribution < -0.4 is 10.1 Å². The van der Waals surface area contributed by atoms with Crippen LogP contribution in [-0.2, 0) is 4.74 Å². The van der Waals surface area contributed by atoms with Crippen LogP contribution in [-0.4, -0.2) is 54.0 Å². The van der Waals surface area contributed by atoms with Gasteiger partial charge in [-0.1, -0.05) is 18.2 Å². The number of esters is 1. The Labute approximate surface area is 237 Å². The third-order valence-electron chi connectivity index (χ3n) is 6.51. The Kier molecular flexibility index (Phi) is 8.84. The maximum Gasteiger partial charge on any atom is 0.341 e. The van der Waals surface area contributed by atoms with Crippen molar-refractivity contribution in [3.63, 3.8) is 0 Å². The Morgan fingerprint density at radius 1 is 1.02 bits per heavy atom. The zero-order chi connectivity index (χ0) is 29.0. The van der Waals surface area contributed by atoms with Gasteiger partial charge in [0.1, 0.15) is 10.8 Å².